The van der Waals surface area contributed by atoms with Crippen LogP contribution in [0.5, 0.6) is 5.75 Å². The fourth-order valence-corrected chi connectivity index (χ4v) is 3.64. The van der Waals surface area contributed by atoms with E-state index in [2.05, 4.69) is 9.55 Å². The van der Waals surface area contributed by atoms with Gasteiger partial charge in [-0.1, -0.05) is 5.16 Å². The van der Waals surface area contributed by atoms with E-state index in [0.29, 0.717) is 5.75 Å². The van der Waals surface area contributed by atoms with Crippen LogP contribution in [0, 0.1) is 0 Å². The molecule has 6 nitrogen and oxygen atoms in total. The number of ether oxygens (including phenoxy) is 1. The molecule has 1 aromatic carbocycles. The van der Waals surface area contributed by atoms with Crippen LogP contribution in [0.4, 0.5) is 0 Å². The molecule has 0 N–H and O–H groups in total. The maximum Gasteiger partial charge on any atom is 0.268 e. The summed E-state index contributed by atoms with van der Waals surface area (Å²) in [5.74, 6) is 0.525. The van der Waals surface area contributed by atoms with Gasteiger partial charge in [-0.2, -0.15) is 0 Å². The molecule has 0 spiro atoms. The summed E-state index contributed by atoms with van der Waals surface area (Å²) < 4.78 is 31.4. The molecule has 0 radical (unpaired) electrons. The van der Waals surface area contributed by atoms with Gasteiger partial charge in [-0.3, -0.25) is 0 Å². The Balaban J connectivity index is 2.05. The molecule has 0 unspecified atom stereocenters. The standard InChI is InChI=1S/C14H18N2O4S2/c1-10(15-20-14(2,3)4)11-5-7-12(8-6-11)19-13-16-22(17,18)9-21-13/h5-8H,9H2,1-4H3/b15-10-. The minimum Gasteiger partial charge on any atom is -0.433 e. The van der Waals surface area contributed by atoms with Crippen molar-refractivity contribution in [2.24, 2.45) is 9.55 Å². The minimum atomic E-state index is -3.37. The van der Waals surface area contributed by atoms with Crippen LogP contribution in [0.3, 0.4) is 0 Å². The molecule has 1 heterocycles. The molecule has 0 amide bonds. The van der Waals surface area contributed by atoms with Crippen LogP contribution >= 0.6 is 11.8 Å². The van der Waals surface area contributed by atoms with E-state index in [4.69, 9.17) is 9.57 Å². The topological polar surface area (TPSA) is 77.3 Å². The van der Waals surface area contributed by atoms with Gasteiger partial charge in [-0.15, -0.1) is 4.40 Å². The Bertz CT molecular complexity index is 701. The fourth-order valence-electron chi connectivity index (χ4n) is 1.46. The molecule has 8 heteroatoms. The second kappa shape index (κ2) is 6.29. The molecule has 1 aliphatic heterocycles. The third-order valence-electron chi connectivity index (χ3n) is 2.48. The summed E-state index contributed by atoms with van der Waals surface area (Å²) in [5.41, 5.74) is 1.30. The van der Waals surface area contributed by atoms with Crippen LogP contribution in [0.2, 0.25) is 0 Å². The summed E-state index contributed by atoms with van der Waals surface area (Å²) in [5, 5.41) is 4.16. The Hall–Kier alpha value is -1.54. The molecular weight excluding hydrogens is 324 g/mol. The Labute approximate surface area is 134 Å². The van der Waals surface area contributed by atoms with Gasteiger partial charge in [-0.05, 0) is 69.3 Å². The molecule has 1 aliphatic rings. The molecule has 0 aliphatic carbocycles. The largest absolute Gasteiger partial charge is 0.433 e. The number of rotatable bonds is 3. The Morgan fingerprint density at radius 3 is 2.41 bits per heavy atom. The van der Waals surface area contributed by atoms with Crippen molar-refractivity contribution in [3.05, 3.63) is 29.8 Å². The van der Waals surface area contributed by atoms with Crippen molar-refractivity contribution in [3.8, 4) is 5.75 Å². The van der Waals surface area contributed by atoms with Gasteiger partial charge in [-0.25, -0.2) is 8.42 Å². The van der Waals surface area contributed by atoms with Crippen molar-refractivity contribution in [3.63, 3.8) is 0 Å². The zero-order valence-electron chi connectivity index (χ0n) is 12.9. The first-order valence-corrected chi connectivity index (χ1v) is 9.21. The highest BCUT2D eigenvalue weighted by molar-refractivity contribution is 8.24. The lowest BCUT2D eigenvalue weighted by Gasteiger charge is -2.16. The van der Waals surface area contributed by atoms with Gasteiger partial charge >= 0.3 is 0 Å². The van der Waals surface area contributed by atoms with Crippen molar-refractivity contribution in [1.29, 1.82) is 0 Å². The maximum atomic E-state index is 11.2. The lowest BCUT2D eigenvalue weighted by atomic mass is 10.1. The summed E-state index contributed by atoms with van der Waals surface area (Å²) in [6, 6.07) is 7.13. The van der Waals surface area contributed by atoms with Gasteiger partial charge in [0.2, 0.25) is 0 Å². The number of hydrogen-bond acceptors (Lipinski definition) is 6. The number of sulfonamides is 1. The predicted octanol–water partition coefficient (Wildman–Crippen LogP) is 2.99. The highest BCUT2D eigenvalue weighted by Crippen LogP contribution is 2.23. The summed E-state index contributed by atoms with van der Waals surface area (Å²) in [4.78, 5) is 5.37. The van der Waals surface area contributed by atoms with E-state index < -0.39 is 10.0 Å². The highest BCUT2D eigenvalue weighted by atomic mass is 32.3. The number of hydrogen-bond donors (Lipinski definition) is 0. The summed E-state index contributed by atoms with van der Waals surface area (Å²) in [6.45, 7) is 7.63. The van der Waals surface area contributed by atoms with Crippen LogP contribution in [-0.4, -0.2) is 30.0 Å². The maximum absolute atomic E-state index is 11.2. The molecular formula is C14H18N2O4S2. The van der Waals surface area contributed by atoms with E-state index in [1.54, 1.807) is 12.1 Å². The zero-order chi connectivity index (χ0) is 16.4. The van der Waals surface area contributed by atoms with Crippen LogP contribution in [0.1, 0.15) is 33.3 Å². The Kier molecular flexibility index (Phi) is 4.81. The van der Waals surface area contributed by atoms with Gasteiger partial charge in [0.05, 0.1) is 5.71 Å². The van der Waals surface area contributed by atoms with Crippen molar-refractivity contribution in [1.82, 2.24) is 0 Å². The number of benzene rings is 1. The first-order chi connectivity index (χ1) is 10.1. The van der Waals surface area contributed by atoms with Gasteiger partial charge in [0.15, 0.2) is 0 Å². The Morgan fingerprint density at radius 2 is 1.91 bits per heavy atom. The van der Waals surface area contributed by atoms with Crippen LogP contribution < -0.4 is 4.74 Å². The zero-order valence-corrected chi connectivity index (χ0v) is 14.5. The van der Waals surface area contributed by atoms with E-state index in [9.17, 15) is 8.42 Å². The number of nitrogens with zero attached hydrogens (tertiary/aromatic N) is 2. The third kappa shape index (κ3) is 5.03. The molecule has 2 rings (SSSR count). The van der Waals surface area contributed by atoms with Crippen molar-refractivity contribution in [2.75, 3.05) is 5.08 Å². The molecule has 0 saturated carbocycles. The Morgan fingerprint density at radius 1 is 1.27 bits per heavy atom. The molecule has 1 aromatic rings. The van der Waals surface area contributed by atoms with Crippen molar-refractivity contribution in [2.45, 2.75) is 33.3 Å². The SMILES string of the molecule is C/C(=N/OC(C)(C)C)c1ccc(OC2=NS(=O)(=O)CS2)cc1. The molecule has 0 fully saturated rings. The van der Waals surface area contributed by atoms with Crippen LogP contribution in [-0.2, 0) is 14.9 Å². The monoisotopic (exact) mass is 342 g/mol. The average Bonchev–Trinajstić information content (AvgIpc) is 2.75. The normalized spacial score (nSPS) is 18.0. The fraction of sp³-hybridized carbons (Fsp3) is 0.429. The lowest BCUT2D eigenvalue weighted by Crippen LogP contribution is -2.16. The molecule has 0 atom stereocenters. The van der Waals surface area contributed by atoms with E-state index in [1.807, 2.05) is 39.8 Å². The summed E-state index contributed by atoms with van der Waals surface area (Å²) >= 11 is 1.06. The van der Waals surface area contributed by atoms with E-state index in [-0.39, 0.29) is 15.9 Å². The molecule has 22 heavy (non-hydrogen) atoms. The summed E-state index contributed by atoms with van der Waals surface area (Å²) in [6.07, 6.45) is 0. The van der Waals surface area contributed by atoms with E-state index in [0.717, 1.165) is 23.0 Å². The minimum absolute atomic E-state index is 0.0731. The molecule has 0 saturated heterocycles. The van der Waals surface area contributed by atoms with Gasteiger partial charge in [0.1, 0.15) is 16.4 Å². The van der Waals surface area contributed by atoms with E-state index in [1.165, 1.54) is 0 Å². The van der Waals surface area contributed by atoms with Gasteiger partial charge in [0.25, 0.3) is 15.3 Å². The number of oxime groups is 1. The quantitative estimate of drug-likeness (QED) is 0.623. The predicted molar refractivity (Wildman–Crippen MR) is 88.9 cm³/mol. The average molecular weight is 342 g/mol. The third-order valence-corrected chi connectivity index (χ3v) is 5.12. The molecule has 120 valence electrons. The smallest absolute Gasteiger partial charge is 0.268 e. The van der Waals surface area contributed by atoms with E-state index >= 15 is 0 Å². The van der Waals surface area contributed by atoms with Gasteiger partial charge < -0.3 is 9.57 Å². The molecule has 0 aromatic heterocycles. The van der Waals surface area contributed by atoms with Gasteiger partial charge in [0, 0.05) is 0 Å². The molecule has 0 bridgehead atoms. The second-order valence-corrected chi connectivity index (χ2v) is 8.64. The number of thioether (sulfide) groups is 1. The van der Waals surface area contributed by atoms with Crippen molar-refractivity contribution < 1.29 is 18.0 Å². The summed E-state index contributed by atoms with van der Waals surface area (Å²) in [7, 11) is -3.37. The first-order valence-electron chi connectivity index (χ1n) is 6.61. The van der Waals surface area contributed by atoms with Crippen LogP contribution in [0.25, 0.3) is 0 Å². The lowest BCUT2D eigenvalue weighted by molar-refractivity contribution is 0.000954. The van der Waals surface area contributed by atoms with Crippen molar-refractivity contribution >= 4 is 32.7 Å². The van der Waals surface area contributed by atoms with Crippen LogP contribution in [0.15, 0.2) is 33.8 Å². The highest BCUT2D eigenvalue weighted by Gasteiger charge is 2.22. The second-order valence-electron chi connectivity index (χ2n) is 5.71. The first kappa shape index (κ1) is 16.8.